The normalized spacial score (nSPS) is 23.6. The highest BCUT2D eigenvalue weighted by Crippen LogP contribution is 2.20. The van der Waals surface area contributed by atoms with E-state index in [0.29, 0.717) is 5.69 Å². The van der Waals surface area contributed by atoms with Gasteiger partial charge in [0.05, 0.1) is 17.8 Å². The predicted octanol–water partition coefficient (Wildman–Crippen LogP) is 1.98. The van der Waals surface area contributed by atoms with E-state index in [2.05, 4.69) is 5.43 Å². The molecule has 1 aromatic carbocycles. The van der Waals surface area contributed by atoms with Gasteiger partial charge < -0.3 is 10.2 Å². The Bertz CT molecular complexity index is 396. The number of nitrogens with one attached hydrogen (secondary N) is 1. The summed E-state index contributed by atoms with van der Waals surface area (Å²) in [6.07, 6.45) is 1.97. The molecule has 0 saturated heterocycles. The number of aliphatic hydroxyl groups excluding tert-OH is 1. The number of aliphatic hydroxyl groups is 1. The second kappa shape index (κ2) is 5.84. The van der Waals surface area contributed by atoms with Crippen LogP contribution < -0.4 is 10.4 Å². The summed E-state index contributed by atoms with van der Waals surface area (Å²) in [4.78, 5) is 11.3. The van der Waals surface area contributed by atoms with Crippen LogP contribution in [0.5, 0.6) is 0 Å². The highest BCUT2D eigenvalue weighted by atomic mass is 16.4. The van der Waals surface area contributed by atoms with Crippen LogP contribution >= 0.6 is 0 Å². The summed E-state index contributed by atoms with van der Waals surface area (Å²) < 4.78 is 0. The topological polar surface area (TPSA) is 72.8 Å². The van der Waals surface area contributed by atoms with Gasteiger partial charge in [0.15, 0.2) is 0 Å². The van der Waals surface area contributed by atoms with Gasteiger partial charge in [0.1, 0.15) is 0 Å². The van der Waals surface area contributed by atoms with Crippen LogP contribution in [0.1, 0.15) is 25.7 Å². The number of benzene rings is 1. The molecule has 2 rings (SSSR count). The van der Waals surface area contributed by atoms with E-state index in [1.165, 1.54) is 0 Å². The number of nitrogens with zero attached hydrogens (tertiary/aromatic N) is 1. The van der Waals surface area contributed by atoms with Gasteiger partial charge in [-0.25, -0.2) is 15.2 Å². The molecule has 5 heteroatoms. The van der Waals surface area contributed by atoms with Crippen molar-refractivity contribution in [3.63, 3.8) is 0 Å². The Labute approximate surface area is 106 Å². The number of hydrazine groups is 1. The molecule has 0 aliphatic heterocycles. The van der Waals surface area contributed by atoms with Crippen LogP contribution in [-0.4, -0.2) is 28.5 Å². The van der Waals surface area contributed by atoms with Gasteiger partial charge in [0, 0.05) is 0 Å². The van der Waals surface area contributed by atoms with E-state index in [-0.39, 0.29) is 6.04 Å². The molecular weight excluding hydrogens is 232 g/mol. The molecule has 1 amide bonds. The molecule has 0 spiro atoms. The molecule has 0 bridgehead atoms. The Balaban J connectivity index is 2.09. The maximum atomic E-state index is 11.3. The molecule has 1 aliphatic carbocycles. The van der Waals surface area contributed by atoms with E-state index in [1.807, 2.05) is 6.07 Å². The minimum atomic E-state index is -1.07. The number of hydrogen-bond donors (Lipinski definition) is 3. The lowest BCUT2D eigenvalue weighted by Gasteiger charge is -2.32. The molecule has 18 heavy (non-hydrogen) atoms. The van der Waals surface area contributed by atoms with Crippen molar-refractivity contribution in [3.8, 4) is 0 Å². The molecule has 0 aromatic heterocycles. The first-order valence-corrected chi connectivity index (χ1v) is 6.21. The van der Waals surface area contributed by atoms with Gasteiger partial charge in [0.2, 0.25) is 0 Å². The van der Waals surface area contributed by atoms with Crippen LogP contribution in [0.25, 0.3) is 0 Å². The Morgan fingerprint density at radius 1 is 1.22 bits per heavy atom. The van der Waals surface area contributed by atoms with Crippen LogP contribution in [-0.2, 0) is 0 Å². The molecule has 1 aliphatic rings. The standard InChI is InChI=1S/C13H18N2O3/c16-12-9-5-4-8-11(12)14-15(13(17)18)10-6-2-1-3-7-10/h1-3,6-7,11-12,14,16H,4-5,8-9H2,(H,17,18)/t11-,12-/m1/s1. The Morgan fingerprint density at radius 3 is 2.50 bits per heavy atom. The summed E-state index contributed by atoms with van der Waals surface area (Å²) in [5.74, 6) is 0. The Morgan fingerprint density at radius 2 is 1.89 bits per heavy atom. The maximum Gasteiger partial charge on any atom is 0.426 e. The highest BCUT2D eigenvalue weighted by molar-refractivity contribution is 5.84. The number of anilines is 1. The predicted molar refractivity (Wildman–Crippen MR) is 68.3 cm³/mol. The number of carbonyl (C=O) groups is 1. The second-order valence-corrected chi connectivity index (χ2v) is 4.54. The van der Waals surface area contributed by atoms with E-state index >= 15 is 0 Å². The van der Waals surface area contributed by atoms with Gasteiger partial charge in [-0.3, -0.25) is 0 Å². The first-order valence-electron chi connectivity index (χ1n) is 6.21. The Kier molecular flexibility index (Phi) is 4.17. The largest absolute Gasteiger partial charge is 0.464 e. The molecule has 3 N–H and O–H groups in total. The molecule has 2 atom stereocenters. The number of amides is 1. The summed E-state index contributed by atoms with van der Waals surface area (Å²) in [7, 11) is 0. The lowest BCUT2D eigenvalue weighted by Crippen LogP contribution is -2.53. The highest BCUT2D eigenvalue weighted by Gasteiger charge is 2.27. The monoisotopic (exact) mass is 250 g/mol. The first kappa shape index (κ1) is 12.9. The van der Waals surface area contributed by atoms with Gasteiger partial charge in [-0.15, -0.1) is 0 Å². The zero-order valence-corrected chi connectivity index (χ0v) is 10.1. The van der Waals surface area contributed by atoms with Crippen molar-refractivity contribution in [2.24, 2.45) is 0 Å². The molecule has 0 radical (unpaired) electrons. The van der Waals surface area contributed by atoms with Gasteiger partial charge in [-0.1, -0.05) is 31.0 Å². The SMILES string of the molecule is O=C(O)N(N[C@@H]1CCCC[C@H]1O)c1ccccc1. The van der Waals surface area contributed by atoms with Crippen molar-refractivity contribution in [1.82, 2.24) is 5.43 Å². The summed E-state index contributed by atoms with van der Waals surface area (Å²) in [6.45, 7) is 0. The first-order chi connectivity index (χ1) is 8.68. The minimum absolute atomic E-state index is 0.199. The van der Waals surface area contributed by atoms with E-state index in [0.717, 1.165) is 30.7 Å². The summed E-state index contributed by atoms with van der Waals surface area (Å²) in [5.41, 5.74) is 3.46. The summed E-state index contributed by atoms with van der Waals surface area (Å²) in [5, 5.41) is 20.2. The lowest BCUT2D eigenvalue weighted by molar-refractivity contribution is 0.0887. The third-order valence-corrected chi connectivity index (χ3v) is 3.23. The van der Waals surface area contributed by atoms with Crippen molar-refractivity contribution in [2.75, 3.05) is 5.01 Å². The van der Waals surface area contributed by atoms with Crippen LogP contribution in [0.2, 0.25) is 0 Å². The molecule has 98 valence electrons. The van der Waals surface area contributed by atoms with Gasteiger partial charge in [0.25, 0.3) is 0 Å². The number of carboxylic acid groups (broad SMARTS) is 1. The van der Waals surface area contributed by atoms with Crippen LogP contribution in [0.15, 0.2) is 30.3 Å². The van der Waals surface area contributed by atoms with Crippen molar-refractivity contribution in [1.29, 1.82) is 0 Å². The maximum absolute atomic E-state index is 11.3. The molecule has 5 nitrogen and oxygen atoms in total. The number of para-hydroxylation sites is 1. The van der Waals surface area contributed by atoms with Crippen molar-refractivity contribution >= 4 is 11.8 Å². The summed E-state index contributed by atoms with van der Waals surface area (Å²) in [6, 6.07) is 8.63. The molecule has 0 unspecified atom stereocenters. The number of hydrogen-bond acceptors (Lipinski definition) is 3. The second-order valence-electron chi connectivity index (χ2n) is 4.54. The van der Waals surface area contributed by atoms with Crippen molar-refractivity contribution in [2.45, 2.75) is 37.8 Å². The van der Waals surface area contributed by atoms with Crippen molar-refractivity contribution < 1.29 is 15.0 Å². The molecule has 0 heterocycles. The average molecular weight is 250 g/mol. The quantitative estimate of drug-likeness (QED) is 0.717. The third kappa shape index (κ3) is 3.00. The minimum Gasteiger partial charge on any atom is -0.464 e. The van der Waals surface area contributed by atoms with Gasteiger partial charge >= 0.3 is 6.09 Å². The van der Waals surface area contributed by atoms with E-state index in [1.54, 1.807) is 24.3 Å². The van der Waals surface area contributed by atoms with Crippen LogP contribution in [0.3, 0.4) is 0 Å². The van der Waals surface area contributed by atoms with E-state index in [9.17, 15) is 15.0 Å². The molecule has 1 fully saturated rings. The Hall–Kier alpha value is -1.59. The lowest BCUT2D eigenvalue weighted by atomic mass is 9.93. The van der Waals surface area contributed by atoms with Gasteiger partial charge in [-0.05, 0) is 25.0 Å². The fraction of sp³-hybridized carbons (Fsp3) is 0.462. The number of rotatable bonds is 3. The molecular formula is C13H18N2O3. The molecule has 1 aromatic rings. The fourth-order valence-electron chi connectivity index (χ4n) is 2.24. The summed E-state index contributed by atoms with van der Waals surface area (Å²) >= 11 is 0. The van der Waals surface area contributed by atoms with Crippen LogP contribution in [0.4, 0.5) is 10.5 Å². The fourth-order valence-corrected chi connectivity index (χ4v) is 2.24. The molecule has 1 saturated carbocycles. The zero-order chi connectivity index (χ0) is 13.0. The van der Waals surface area contributed by atoms with E-state index in [4.69, 9.17) is 0 Å². The average Bonchev–Trinajstić information content (AvgIpc) is 2.38. The zero-order valence-electron chi connectivity index (χ0n) is 10.1. The van der Waals surface area contributed by atoms with Gasteiger partial charge in [-0.2, -0.15) is 0 Å². The van der Waals surface area contributed by atoms with E-state index < -0.39 is 12.2 Å². The third-order valence-electron chi connectivity index (χ3n) is 3.23. The van der Waals surface area contributed by atoms with Crippen molar-refractivity contribution in [3.05, 3.63) is 30.3 Å². The van der Waals surface area contributed by atoms with Crippen LogP contribution in [0, 0.1) is 0 Å². The smallest absolute Gasteiger partial charge is 0.426 e.